The lowest BCUT2D eigenvalue weighted by Crippen LogP contribution is -2.15. The Kier molecular flexibility index (Phi) is 5.10. The zero-order valence-electron chi connectivity index (χ0n) is 10.0. The van der Waals surface area contributed by atoms with Gasteiger partial charge in [0.1, 0.15) is 5.49 Å². The van der Waals surface area contributed by atoms with Gasteiger partial charge in [0, 0.05) is 24.0 Å². The van der Waals surface area contributed by atoms with Gasteiger partial charge >= 0.3 is 5.69 Å². The molecular formula is C11H10N4O4S. The minimum absolute atomic E-state index is 0.409. The van der Waals surface area contributed by atoms with Gasteiger partial charge in [0.05, 0.1) is 0 Å². The molecule has 0 spiro atoms. The molecule has 20 heavy (non-hydrogen) atoms. The van der Waals surface area contributed by atoms with Crippen LogP contribution in [0.25, 0.3) is 10.7 Å². The number of pyridine rings is 1. The van der Waals surface area contributed by atoms with E-state index in [1.165, 1.54) is 0 Å². The number of hydrogen-bond donors (Lipinski definition) is 2. The van der Waals surface area contributed by atoms with Gasteiger partial charge in [-0.3, -0.25) is 9.96 Å². The second kappa shape index (κ2) is 6.58. The fraction of sp³-hybridized carbons (Fsp3) is 0. The topological polar surface area (TPSA) is 134 Å². The van der Waals surface area contributed by atoms with E-state index in [4.69, 9.17) is 28.3 Å². The lowest BCUT2D eigenvalue weighted by atomic mass is 10.3. The van der Waals surface area contributed by atoms with E-state index in [2.05, 4.69) is 4.98 Å². The SMILES string of the molecule is N#[N+]c1ccc(-n2ccccc2=N)cc1.O=S(=O)([O-])O. The van der Waals surface area contributed by atoms with E-state index in [1.54, 1.807) is 34.9 Å². The molecule has 8 nitrogen and oxygen atoms in total. The number of benzene rings is 1. The number of nitrogens with one attached hydrogen (secondary N) is 1. The van der Waals surface area contributed by atoms with Crippen LogP contribution in [-0.4, -0.2) is 22.1 Å². The smallest absolute Gasteiger partial charge is 0.385 e. The summed E-state index contributed by atoms with van der Waals surface area (Å²) in [6.07, 6.45) is 1.81. The summed E-state index contributed by atoms with van der Waals surface area (Å²) in [5, 5.41) is 16.2. The van der Waals surface area contributed by atoms with Gasteiger partial charge in [-0.1, -0.05) is 6.07 Å². The van der Waals surface area contributed by atoms with E-state index >= 15 is 0 Å². The molecule has 0 saturated carbocycles. The van der Waals surface area contributed by atoms with Gasteiger partial charge in [-0.25, -0.2) is 8.42 Å². The maximum Gasteiger partial charge on any atom is 0.385 e. The maximum absolute atomic E-state index is 8.63. The van der Waals surface area contributed by atoms with Gasteiger partial charge in [-0.15, -0.1) is 0 Å². The van der Waals surface area contributed by atoms with E-state index < -0.39 is 10.4 Å². The molecule has 0 amide bonds. The van der Waals surface area contributed by atoms with Crippen molar-refractivity contribution in [3.05, 3.63) is 59.1 Å². The van der Waals surface area contributed by atoms with Crippen molar-refractivity contribution in [2.45, 2.75) is 0 Å². The summed E-state index contributed by atoms with van der Waals surface area (Å²) in [4.78, 5) is 3.07. The van der Waals surface area contributed by atoms with E-state index in [9.17, 15) is 0 Å². The second-order valence-electron chi connectivity index (χ2n) is 3.50. The van der Waals surface area contributed by atoms with Crippen molar-refractivity contribution in [1.82, 2.24) is 4.57 Å². The largest absolute Gasteiger partial charge is 0.726 e. The molecule has 1 aromatic carbocycles. The van der Waals surface area contributed by atoms with Gasteiger partial charge in [0.15, 0.2) is 4.98 Å². The molecule has 0 radical (unpaired) electrons. The molecule has 2 rings (SSSR count). The molecule has 0 aliphatic carbocycles. The number of aromatic nitrogens is 1. The van der Waals surface area contributed by atoms with Crippen LogP contribution < -0.4 is 5.49 Å². The number of hydrogen-bond acceptors (Lipinski definition) is 5. The minimum Gasteiger partial charge on any atom is -0.726 e. The van der Waals surface area contributed by atoms with E-state index in [-0.39, 0.29) is 0 Å². The molecule has 0 aliphatic rings. The summed E-state index contributed by atoms with van der Waals surface area (Å²) in [5.41, 5.74) is 1.78. The van der Waals surface area contributed by atoms with Crippen molar-refractivity contribution in [2.24, 2.45) is 0 Å². The Labute approximate surface area is 114 Å². The molecule has 2 N–H and O–H groups in total. The molecule has 0 aliphatic heterocycles. The quantitative estimate of drug-likeness (QED) is 0.466. The third kappa shape index (κ3) is 5.40. The number of rotatable bonds is 1. The van der Waals surface area contributed by atoms with Gasteiger partial charge in [0.2, 0.25) is 15.8 Å². The third-order valence-electron chi connectivity index (χ3n) is 2.10. The molecule has 0 bridgehead atoms. The first kappa shape index (κ1) is 15.5. The maximum atomic E-state index is 8.63. The van der Waals surface area contributed by atoms with Gasteiger partial charge in [0.25, 0.3) is 0 Å². The van der Waals surface area contributed by atoms with Crippen molar-refractivity contribution >= 4 is 16.1 Å². The van der Waals surface area contributed by atoms with Crippen LogP contribution in [0.3, 0.4) is 0 Å². The average molecular weight is 294 g/mol. The summed E-state index contributed by atoms with van der Waals surface area (Å²) >= 11 is 0. The van der Waals surface area contributed by atoms with Gasteiger partial charge in [-0.05, 0) is 24.3 Å². The lowest BCUT2D eigenvalue weighted by molar-refractivity contribution is 0.366. The minimum atomic E-state index is -4.92. The highest BCUT2D eigenvalue weighted by Gasteiger charge is 2.03. The molecule has 104 valence electrons. The Hall–Kier alpha value is -2.54. The molecule has 1 aromatic heterocycles. The summed E-state index contributed by atoms with van der Waals surface area (Å²) in [6, 6.07) is 12.4. The van der Waals surface area contributed by atoms with Crippen LogP contribution in [0, 0.1) is 10.8 Å². The van der Waals surface area contributed by atoms with Crippen molar-refractivity contribution < 1.29 is 17.5 Å². The number of diazo groups is 1. The zero-order valence-corrected chi connectivity index (χ0v) is 10.9. The van der Waals surface area contributed by atoms with Crippen LogP contribution in [0.2, 0.25) is 0 Å². The van der Waals surface area contributed by atoms with Crippen LogP contribution in [-0.2, 0) is 10.4 Å². The second-order valence-corrected chi connectivity index (χ2v) is 4.36. The Morgan fingerprint density at radius 3 is 2.20 bits per heavy atom. The predicted octanol–water partition coefficient (Wildman–Crippen LogP) is 1.45. The van der Waals surface area contributed by atoms with Crippen molar-refractivity contribution in [2.75, 3.05) is 0 Å². The van der Waals surface area contributed by atoms with Crippen LogP contribution in [0.15, 0.2) is 48.7 Å². The van der Waals surface area contributed by atoms with Crippen molar-refractivity contribution in [1.29, 1.82) is 10.8 Å². The average Bonchev–Trinajstić information content (AvgIpc) is 2.38. The highest BCUT2D eigenvalue weighted by Crippen LogP contribution is 2.14. The lowest BCUT2D eigenvalue weighted by Gasteiger charge is -2.04. The summed E-state index contributed by atoms with van der Waals surface area (Å²) in [6.45, 7) is 0. The first-order valence-corrected chi connectivity index (χ1v) is 6.54. The van der Waals surface area contributed by atoms with Crippen LogP contribution in [0.4, 0.5) is 5.69 Å². The van der Waals surface area contributed by atoms with Gasteiger partial charge in [-0.2, -0.15) is 0 Å². The molecule has 9 heteroatoms. The Bertz CT molecular complexity index is 767. The first-order chi connectivity index (χ1) is 9.31. The fourth-order valence-corrected chi connectivity index (χ4v) is 1.35. The molecule has 0 fully saturated rings. The van der Waals surface area contributed by atoms with E-state index in [0.717, 1.165) is 5.69 Å². The highest BCUT2D eigenvalue weighted by molar-refractivity contribution is 7.79. The van der Waals surface area contributed by atoms with E-state index in [0.29, 0.717) is 11.2 Å². The highest BCUT2D eigenvalue weighted by atomic mass is 32.3. The monoisotopic (exact) mass is 294 g/mol. The normalized spacial score (nSPS) is 10.1. The van der Waals surface area contributed by atoms with Gasteiger partial charge < -0.3 is 9.12 Å². The van der Waals surface area contributed by atoms with Crippen molar-refractivity contribution in [3.63, 3.8) is 0 Å². The summed E-state index contributed by atoms with van der Waals surface area (Å²) in [7, 11) is -4.92. The molecular weight excluding hydrogens is 284 g/mol. The zero-order chi connectivity index (χ0) is 15.2. The van der Waals surface area contributed by atoms with E-state index in [1.807, 2.05) is 18.3 Å². The fourth-order valence-electron chi connectivity index (χ4n) is 1.35. The number of nitrogens with zero attached hydrogens (tertiary/aromatic N) is 3. The molecule has 2 aromatic rings. The van der Waals surface area contributed by atoms with Crippen LogP contribution in [0.1, 0.15) is 0 Å². The summed E-state index contributed by atoms with van der Waals surface area (Å²) < 4.78 is 34.6. The Morgan fingerprint density at radius 1 is 1.20 bits per heavy atom. The van der Waals surface area contributed by atoms with Crippen LogP contribution in [0.5, 0.6) is 0 Å². The van der Waals surface area contributed by atoms with Crippen LogP contribution >= 0.6 is 0 Å². The Morgan fingerprint density at radius 2 is 1.75 bits per heavy atom. The molecule has 0 atom stereocenters. The molecule has 0 unspecified atom stereocenters. The third-order valence-corrected chi connectivity index (χ3v) is 2.10. The molecule has 0 saturated heterocycles. The van der Waals surface area contributed by atoms with Crippen molar-refractivity contribution in [3.8, 4) is 5.69 Å². The Balaban J connectivity index is 0.000000347. The standard InChI is InChI=1S/C11H9N4.H2O4S/c12-11-3-1-2-8-15(11)10-6-4-9(14-13)5-7-10;1-5(2,3)4/h1-8,12H;(H2,1,2,3,4)/q+1;/p-1. The first-order valence-electron chi connectivity index (χ1n) is 5.17. The summed E-state index contributed by atoms with van der Waals surface area (Å²) in [5.74, 6) is 0. The predicted molar refractivity (Wildman–Crippen MR) is 68.7 cm³/mol. The molecule has 1 heterocycles.